The fourth-order valence-corrected chi connectivity index (χ4v) is 5.13. The van der Waals surface area contributed by atoms with Gasteiger partial charge in [0.2, 0.25) is 11.8 Å². The first-order valence-corrected chi connectivity index (χ1v) is 12.4. The Kier molecular flexibility index (Phi) is 5.87. The first-order valence-electron chi connectivity index (χ1n) is 12.4. The Morgan fingerprint density at radius 1 is 0.914 bits per heavy atom. The summed E-state index contributed by atoms with van der Waals surface area (Å²) in [5, 5.41) is 4.83. The quantitative estimate of drug-likeness (QED) is 0.437. The molecule has 182 valence electrons. The van der Waals surface area contributed by atoms with E-state index in [1.165, 1.54) is 5.69 Å². The first-order chi connectivity index (χ1) is 17.1. The number of aromatic nitrogens is 4. The number of rotatable bonds is 5. The molecule has 5 heterocycles. The molecular weight excluding hydrogens is 442 g/mol. The highest BCUT2D eigenvalue weighted by molar-refractivity contribution is 5.58. The summed E-state index contributed by atoms with van der Waals surface area (Å²) in [4.78, 5) is 16.9. The van der Waals surface area contributed by atoms with Crippen LogP contribution in [0, 0.1) is 0 Å². The van der Waals surface area contributed by atoms with Crippen molar-refractivity contribution in [3.63, 3.8) is 0 Å². The summed E-state index contributed by atoms with van der Waals surface area (Å²) in [5.41, 5.74) is 3.19. The van der Waals surface area contributed by atoms with Gasteiger partial charge in [-0.25, -0.2) is 9.97 Å². The number of benzene rings is 1. The molecule has 2 unspecified atom stereocenters. The van der Waals surface area contributed by atoms with E-state index in [1.54, 1.807) is 6.26 Å². The number of hydrogen-bond acceptors (Lipinski definition) is 8. The van der Waals surface area contributed by atoms with Crippen molar-refractivity contribution in [2.75, 3.05) is 49.1 Å². The van der Waals surface area contributed by atoms with Gasteiger partial charge >= 0.3 is 0 Å². The van der Waals surface area contributed by atoms with Crippen molar-refractivity contribution in [1.29, 1.82) is 0 Å². The van der Waals surface area contributed by atoms with E-state index in [0.29, 0.717) is 11.6 Å². The summed E-state index contributed by atoms with van der Waals surface area (Å²) in [6.45, 7) is 10.5. The maximum Gasteiger partial charge on any atom is 0.228 e. The standard InChI is InChI=1S/C26H31N7O2/c1-19-16-32(17-20(2)35-19)26-27-15-21(25-28-24(29-33(25)26)23-9-6-14-34-23)18-30-10-12-31(13-11-30)22-7-4-3-5-8-22/h3-9,14-15,19-20H,10-13,16-18H2,1-2H3. The molecule has 3 aromatic heterocycles. The Morgan fingerprint density at radius 3 is 2.40 bits per heavy atom. The molecule has 2 saturated heterocycles. The molecule has 35 heavy (non-hydrogen) atoms. The third-order valence-electron chi connectivity index (χ3n) is 6.75. The van der Waals surface area contributed by atoms with Gasteiger partial charge in [-0.3, -0.25) is 4.90 Å². The molecule has 0 saturated carbocycles. The predicted molar refractivity (Wildman–Crippen MR) is 135 cm³/mol. The monoisotopic (exact) mass is 473 g/mol. The van der Waals surface area contributed by atoms with E-state index >= 15 is 0 Å². The fourth-order valence-electron chi connectivity index (χ4n) is 5.13. The van der Waals surface area contributed by atoms with E-state index in [0.717, 1.165) is 63.0 Å². The lowest BCUT2D eigenvalue weighted by atomic mass is 10.2. The molecule has 2 aliphatic heterocycles. The largest absolute Gasteiger partial charge is 0.461 e. The molecular formula is C26H31N7O2. The van der Waals surface area contributed by atoms with Crippen LogP contribution in [0.2, 0.25) is 0 Å². The Morgan fingerprint density at radius 2 is 1.69 bits per heavy atom. The van der Waals surface area contributed by atoms with Crippen LogP contribution < -0.4 is 9.80 Å². The van der Waals surface area contributed by atoms with Gasteiger partial charge in [0.05, 0.1) is 18.5 Å². The summed E-state index contributed by atoms with van der Waals surface area (Å²) < 4.78 is 13.4. The van der Waals surface area contributed by atoms with Gasteiger partial charge in [-0.05, 0) is 38.1 Å². The third-order valence-corrected chi connectivity index (χ3v) is 6.75. The van der Waals surface area contributed by atoms with Crippen molar-refractivity contribution in [3.8, 4) is 11.6 Å². The van der Waals surface area contributed by atoms with E-state index in [4.69, 9.17) is 24.2 Å². The second-order valence-corrected chi connectivity index (χ2v) is 9.49. The minimum Gasteiger partial charge on any atom is -0.461 e. The molecule has 2 aliphatic rings. The minimum atomic E-state index is 0.129. The fraction of sp³-hybridized carbons (Fsp3) is 0.423. The van der Waals surface area contributed by atoms with Crippen molar-refractivity contribution in [3.05, 3.63) is 60.5 Å². The van der Waals surface area contributed by atoms with Gasteiger partial charge in [-0.2, -0.15) is 4.52 Å². The van der Waals surface area contributed by atoms with Crippen LogP contribution in [0.5, 0.6) is 0 Å². The molecule has 9 nitrogen and oxygen atoms in total. The van der Waals surface area contributed by atoms with Crippen molar-refractivity contribution in [2.24, 2.45) is 0 Å². The zero-order valence-corrected chi connectivity index (χ0v) is 20.2. The van der Waals surface area contributed by atoms with Crippen molar-refractivity contribution in [2.45, 2.75) is 32.6 Å². The molecule has 1 aromatic carbocycles. The van der Waals surface area contributed by atoms with Crippen LogP contribution in [0.3, 0.4) is 0 Å². The average molecular weight is 474 g/mol. The number of anilines is 2. The highest BCUT2D eigenvalue weighted by Gasteiger charge is 2.27. The number of furan rings is 1. The first kappa shape index (κ1) is 22.1. The topological polar surface area (TPSA) is 75.2 Å². The summed E-state index contributed by atoms with van der Waals surface area (Å²) in [6.07, 6.45) is 3.88. The number of para-hydroxylation sites is 1. The molecule has 9 heteroatoms. The van der Waals surface area contributed by atoms with Gasteiger partial charge in [0.15, 0.2) is 11.4 Å². The number of piperazine rings is 1. The van der Waals surface area contributed by atoms with Gasteiger partial charge in [-0.1, -0.05) is 18.2 Å². The number of fused-ring (bicyclic) bond motifs is 1. The summed E-state index contributed by atoms with van der Waals surface area (Å²) in [7, 11) is 0. The lowest BCUT2D eigenvalue weighted by Gasteiger charge is -2.36. The molecule has 2 fully saturated rings. The second kappa shape index (κ2) is 9.31. The molecule has 0 N–H and O–H groups in total. The summed E-state index contributed by atoms with van der Waals surface area (Å²) in [6, 6.07) is 14.4. The molecule has 4 aromatic rings. The van der Waals surface area contributed by atoms with E-state index in [9.17, 15) is 0 Å². The summed E-state index contributed by atoms with van der Waals surface area (Å²) in [5.74, 6) is 2.03. The van der Waals surface area contributed by atoms with Gasteiger partial charge in [-0.15, -0.1) is 5.10 Å². The van der Waals surface area contributed by atoms with Crippen LogP contribution in [0.1, 0.15) is 19.4 Å². The second-order valence-electron chi connectivity index (χ2n) is 9.49. The van der Waals surface area contributed by atoms with E-state index < -0.39 is 0 Å². The molecule has 0 amide bonds. The lowest BCUT2D eigenvalue weighted by Crippen LogP contribution is -2.47. The third kappa shape index (κ3) is 4.49. The highest BCUT2D eigenvalue weighted by atomic mass is 16.5. The normalized spacial score (nSPS) is 21.7. The average Bonchev–Trinajstić information content (AvgIpc) is 3.55. The highest BCUT2D eigenvalue weighted by Crippen LogP contribution is 2.25. The van der Waals surface area contributed by atoms with Crippen LogP contribution in [-0.4, -0.2) is 76.0 Å². The van der Waals surface area contributed by atoms with Crippen molar-refractivity contribution in [1.82, 2.24) is 24.5 Å². The van der Waals surface area contributed by atoms with Crippen molar-refractivity contribution >= 4 is 17.3 Å². The SMILES string of the molecule is CC1CN(c2ncc(CN3CCN(c4ccccc4)CC3)c3nc(-c4ccco4)nn23)CC(C)O1. The van der Waals surface area contributed by atoms with Crippen LogP contribution in [-0.2, 0) is 11.3 Å². The van der Waals surface area contributed by atoms with Crippen LogP contribution in [0.15, 0.2) is 59.3 Å². The van der Waals surface area contributed by atoms with Crippen molar-refractivity contribution < 1.29 is 9.15 Å². The molecule has 0 radical (unpaired) electrons. The minimum absolute atomic E-state index is 0.129. The molecule has 0 aliphatic carbocycles. The number of ether oxygens (including phenoxy) is 1. The lowest BCUT2D eigenvalue weighted by molar-refractivity contribution is -0.00584. The molecule has 6 rings (SSSR count). The van der Waals surface area contributed by atoms with Gasteiger partial charge < -0.3 is 19.0 Å². The zero-order valence-electron chi connectivity index (χ0n) is 20.2. The maximum atomic E-state index is 5.94. The number of nitrogens with zero attached hydrogens (tertiary/aromatic N) is 7. The van der Waals surface area contributed by atoms with Gasteiger partial charge in [0.1, 0.15) is 0 Å². The predicted octanol–water partition coefficient (Wildman–Crippen LogP) is 3.32. The van der Waals surface area contributed by atoms with Crippen LogP contribution in [0.4, 0.5) is 11.6 Å². The molecule has 0 spiro atoms. The molecule has 0 bridgehead atoms. The Balaban J connectivity index is 1.28. The van der Waals surface area contributed by atoms with Gasteiger partial charge in [0.25, 0.3) is 0 Å². The summed E-state index contributed by atoms with van der Waals surface area (Å²) >= 11 is 0. The number of morpholine rings is 1. The smallest absolute Gasteiger partial charge is 0.228 e. The van der Waals surface area contributed by atoms with Crippen LogP contribution >= 0.6 is 0 Å². The van der Waals surface area contributed by atoms with E-state index in [1.807, 2.05) is 22.8 Å². The van der Waals surface area contributed by atoms with E-state index in [-0.39, 0.29) is 12.2 Å². The van der Waals surface area contributed by atoms with E-state index in [2.05, 4.69) is 58.9 Å². The molecule has 2 atom stereocenters. The zero-order chi connectivity index (χ0) is 23.8. The Hall–Kier alpha value is -3.43. The maximum absolute atomic E-state index is 5.94. The van der Waals surface area contributed by atoms with Crippen LogP contribution in [0.25, 0.3) is 17.2 Å². The Bertz CT molecular complexity index is 1260. The van der Waals surface area contributed by atoms with Gasteiger partial charge in [0, 0.05) is 63.3 Å². The number of hydrogen-bond donors (Lipinski definition) is 0. The Labute approximate surface area is 204 Å².